The Hall–Kier alpha value is -3.08. The lowest BCUT2D eigenvalue weighted by atomic mass is 9.84. The van der Waals surface area contributed by atoms with Crippen molar-refractivity contribution < 1.29 is 38.2 Å². The number of hydrogen-bond donors (Lipinski definition) is 4. The van der Waals surface area contributed by atoms with Gasteiger partial charge in [0, 0.05) is 34.7 Å². The van der Waals surface area contributed by atoms with E-state index in [-0.39, 0.29) is 36.9 Å². The van der Waals surface area contributed by atoms with Crippen molar-refractivity contribution in [1.29, 1.82) is 0 Å². The van der Waals surface area contributed by atoms with Crippen LogP contribution in [0.1, 0.15) is 125 Å². The fraction of sp³-hybridized carbons (Fsp3) is 0.773. The van der Waals surface area contributed by atoms with E-state index in [4.69, 9.17) is 20.9 Å². The molecule has 0 aliphatic carbocycles. The van der Waals surface area contributed by atoms with Crippen molar-refractivity contribution in [3.05, 3.63) is 23.3 Å². The van der Waals surface area contributed by atoms with Gasteiger partial charge >= 0.3 is 11.9 Å². The summed E-state index contributed by atoms with van der Waals surface area (Å²) < 4.78 is 8.46. The minimum Gasteiger partial charge on any atom is -0.463 e. The second kappa shape index (κ2) is 23.4. The number of nitrogens with two attached hydrogens (primary N) is 2. The Bertz CT molecular complexity index is 1450. The molecule has 1 unspecified atom stereocenters. The Balaban J connectivity index is 6.20. The van der Waals surface area contributed by atoms with Crippen molar-refractivity contribution in [2.75, 3.05) is 27.3 Å². The number of nitrogens with one attached hydrogen (secondary N) is 2. The minimum absolute atomic E-state index is 0.0553. The maximum absolute atomic E-state index is 14.1. The van der Waals surface area contributed by atoms with Gasteiger partial charge in [0.15, 0.2) is 0 Å². The molecule has 346 valence electrons. The van der Waals surface area contributed by atoms with Crippen LogP contribution in [0, 0.1) is 22.7 Å². The molecule has 16 heteroatoms. The lowest BCUT2D eigenvalue weighted by molar-refractivity contribution is -0.141. The van der Waals surface area contributed by atoms with Crippen LogP contribution in [0.25, 0.3) is 0 Å². The summed E-state index contributed by atoms with van der Waals surface area (Å²) in [7, 11) is 5.90. The quantitative estimate of drug-likeness (QED) is 0.0630. The molecule has 0 saturated heterocycles. The number of hydrogen-bond acceptors (Lipinski definition) is 12. The van der Waals surface area contributed by atoms with Gasteiger partial charge in [0.2, 0.25) is 23.6 Å². The molecule has 0 rings (SSSR count). The summed E-state index contributed by atoms with van der Waals surface area (Å²) in [5.74, 6) is -2.77. The second-order valence-electron chi connectivity index (χ2n) is 19.5. The van der Waals surface area contributed by atoms with Crippen molar-refractivity contribution in [2.24, 2.45) is 34.1 Å². The van der Waals surface area contributed by atoms with Crippen molar-refractivity contribution in [3.8, 4) is 0 Å². The van der Waals surface area contributed by atoms with E-state index in [0.29, 0.717) is 11.1 Å². The lowest BCUT2D eigenvalue weighted by Crippen LogP contribution is -2.61. The summed E-state index contributed by atoms with van der Waals surface area (Å²) in [6, 6.07) is -4.98. The van der Waals surface area contributed by atoms with Gasteiger partial charge in [-0.15, -0.1) is 0 Å². The molecule has 0 aromatic carbocycles. The molecule has 14 nitrogen and oxygen atoms in total. The largest absolute Gasteiger partial charge is 0.463 e. The molecule has 6 N–H and O–H groups in total. The van der Waals surface area contributed by atoms with Crippen LogP contribution >= 0.6 is 21.6 Å². The van der Waals surface area contributed by atoms with Crippen LogP contribution in [0.3, 0.4) is 0 Å². The van der Waals surface area contributed by atoms with Gasteiger partial charge in [-0.05, 0) is 78.1 Å². The highest BCUT2D eigenvalue weighted by Crippen LogP contribution is 2.46. The van der Waals surface area contributed by atoms with Gasteiger partial charge in [0.1, 0.15) is 12.1 Å². The third-order valence-corrected chi connectivity index (χ3v) is 14.6. The smallest absolute Gasteiger partial charge is 0.333 e. The van der Waals surface area contributed by atoms with Crippen LogP contribution in [0.2, 0.25) is 0 Å². The van der Waals surface area contributed by atoms with Crippen LogP contribution in [0.4, 0.5) is 0 Å². The zero-order valence-electron chi connectivity index (χ0n) is 40.3. The number of likely N-dealkylation sites (N-methyl/N-ethyl adjacent to an activating group) is 2. The number of carbonyl (C=O) groups is 6. The Morgan fingerprint density at radius 3 is 1.07 bits per heavy atom. The van der Waals surface area contributed by atoms with Crippen molar-refractivity contribution in [1.82, 2.24) is 20.4 Å². The zero-order chi connectivity index (χ0) is 47.5. The van der Waals surface area contributed by atoms with E-state index < -0.39 is 80.3 Å². The molecule has 0 fully saturated rings. The van der Waals surface area contributed by atoms with Crippen molar-refractivity contribution in [3.63, 3.8) is 0 Å². The molecule has 60 heavy (non-hydrogen) atoms. The fourth-order valence-electron chi connectivity index (χ4n) is 6.05. The molecule has 0 saturated carbocycles. The number of esters is 2. The highest BCUT2D eigenvalue weighted by Gasteiger charge is 2.44. The molecule has 0 radical (unpaired) electrons. The molecule has 0 aromatic rings. The van der Waals surface area contributed by atoms with Crippen LogP contribution < -0.4 is 22.1 Å². The third kappa shape index (κ3) is 16.7. The second-order valence-corrected chi connectivity index (χ2v) is 22.9. The standard InChI is InChI=1S/C44H80N6O8S2/c1-21-57-39(55)27(7)23-29(25(3)4)49(19)37(53)33(41(9,10)11)47-35(51)31(45)43(15,16)59-60-44(17,18)32(46)36(52)48-34(42(12,13)14)38(54)50(20)30(26(5)6)24-28(8)40(56)58-22-2/h23-26,29-34H,21-22,45-46H2,1-20H3,(H,47,51)(H,48,52)/b27-23+,28-24+/t29-,30?,31-,32-,33-,34-/m1/s1. The van der Waals surface area contributed by atoms with E-state index >= 15 is 0 Å². The monoisotopic (exact) mass is 885 g/mol. The Kier molecular flexibility index (Phi) is 22.2. The number of carbonyl (C=O) groups excluding carboxylic acids is 6. The van der Waals surface area contributed by atoms with E-state index in [0.717, 1.165) is 0 Å². The first-order chi connectivity index (χ1) is 27.1. The summed E-state index contributed by atoms with van der Waals surface area (Å²) in [4.78, 5) is 83.8. The van der Waals surface area contributed by atoms with Crippen molar-refractivity contribution >= 4 is 57.2 Å². The summed E-state index contributed by atoms with van der Waals surface area (Å²) in [5, 5.41) is 5.84. The topological polar surface area (TPSA) is 203 Å². The minimum atomic E-state index is -1.08. The van der Waals surface area contributed by atoms with Crippen LogP contribution in [0.5, 0.6) is 0 Å². The Labute approximate surface area is 369 Å². The normalized spacial score (nSPS) is 16.3. The molecule has 0 aliphatic heterocycles. The summed E-state index contributed by atoms with van der Waals surface area (Å²) in [6.45, 7) is 33.3. The van der Waals surface area contributed by atoms with Crippen LogP contribution in [0.15, 0.2) is 23.3 Å². The summed E-state index contributed by atoms with van der Waals surface area (Å²) >= 11 is 0. The SMILES string of the molecule is CCOC(=O)/C(C)=C/C(C(C)C)N(C)C(=O)[C@@H](NC(=O)[C@@H](N)C(C)(C)SSC(C)(C)[C@H](N)C(=O)N[C@H](C(=O)N(C)[C@H](/C=C(\C)C(=O)OCC)C(C)C)C(C)(C)C)C(C)(C)C. The van der Waals surface area contributed by atoms with E-state index in [2.05, 4.69) is 10.6 Å². The number of rotatable bonds is 21. The molecule has 0 spiro atoms. The van der Waals surface area contributed by atoms with Crippen LogP contribution in [-0.4, -0.2) is 118 Å². The average Bonchev–Trinajstić information content (AvgIpc) is 3.13. The number of amides is 4. The summed E-state index contributed by atoms with van der Waals surface area (Å²) in [5.41, 5.74) is 12.6. The maximum atomic E-state index is 14.1. The molecule has 0 heterocycles. The molecule has 0 bridgehead atoms. The van der Waals surface area contributed by atoms with Gasteiger partial charge in [0.25, 0.3) is 0 Å². The van der Waals surface area contributed by atoms with E-state index in [1.165, 1.54) is 21.6 Å². The number of ether oxygens (including phenoxy) is 2. The molecule has 0 aromatic heterocycles. The van der Waals surface area contributed by atoms with E-state index in [1.54, 1.807) is 63.7 Å². The highest BCUT2D eigenvalue weighted by molar-refractivity contribution is 8.77. The first-order valence-electron chi connectivity index (χ1n) is 20.8. The predicted molar refractivity (Wildman–Crippen MR) is 246 cm³/mol. The van der Waals surface area contributed by atoms with Gasteiger partial charge in [-0.2, -0.15) is 0 Å². The summed E-state index contributed by atoms with van der Waals surface area (Å²) in [6.07, 6.45) is 3.43. The lowest BCUT2D eigenvalue weighted by Gasteiger charge is -2.40. The first-order valence-corrected chi connectivity index (χ1v) is 23.0. The third-order valence-electron chi connectivity index (χ3n) is 10.3. The zero-order valence-corrected chi connectivity index (χ0v) is 42.0. The molecule has 6 atom stereocenters. The Morgan fingerprint density at radius 1 is 0.583 bits per heavy atom. The van der Waals surface area contributed by atoms with Gasteiger partial charge in [-0.1, -0.05) is 103 Å². The number of nitrogens with zero attached hydrogens (tertiary/aromatic N) is 2. The predicted octanol–water partition coefficient (Wildman–Crippen LogP) is 5.63. The maximum Gasteiger partial charge on any atom is 0.333 e. The fourth-order valence-corrected chi connectivity index (χ4v) is 8.82. The molecular formula is C44H80N6O8S2. The van der Waals surface area contributed by atoms with Gasteiger partial charge < -0.3 is 41.4 Å². The molecule has 0 aliphatic rings. The molecule has 4 amide bonds. The Morgan fingerprint density at radius 2 is 0.850 bits per heavy atom. The van der Waals surface area contributed by atoms with Gasteiger partial charge in [-0.25, -0.2) is 9.59 Å². The van der Waals surface area contributed by atoms with Gasteiger partial charge in [0.05, 0.1) is 37.4 Å². The van der Waals surface area contributed by atoms with E-state index in [9.17, 15) is 28.8 Å². The average molecular weight is 885 g/mol. The van der Waals surface area contributed by atoms with Crippen molar-refractivity contribution in [2.45, 2.75) is 170 Å². The van der Waals surface area contributed by atoms with Gasteiger partial charge in [-0.3, -0.25) is 19.2 Å². The molecular weight excluding hydrogens is 805 g/mol. The first kappa shape index (κ1) is 56.9. The van der Waals surface area contributed by atoms with E-state index in [1.807, 2.05) is 96.9 Å². The van der Waals surface area contributed by atoms with Crippen LogP contribution in [-0.2, 0) is 38.2 Å². The highest BCUT2D eigenvalue weighted by atomic mass is 33.1.